The Morgan fingerprint density at radius 1 is 1.21 bits per heavy atom. The first-order valence-electron chi connectivity index (χ1n) is 7.91. The summed E-state index contributed by atoms with van der Waals surface area (Å²) >= 11 is 0. The van der Waals surface area contributed by atoms with Crippen molar-refractivity contribution >= 4 is 0 Å². The molecule has 1 saturated heterocycles. The highest BCUT2D eigenvalue weighted by molar-refractivity contribution is 5.28. The molecule has 1 N–H and O–H groups in total. The maximum Gasteiger partial charge on any atom is 0.0236 e. The Morgan fingerprint density at radius 2 is 2.11 bits per heavy atom. The summed E-state index contributed by atoms with van der Waals surface area (Å²) in [6.45, 7) is 6.19. The molecule has 2 aliphatic heterocycles. The van der Waals surface area contributed by atoms with E-state index in [1.54, 1.807) is 11.1 Å². The van der Waals surface area contributed by atoms with E-state index in [4.69, 9.17) is 0 Å². The molecule has 3 rings (SSSR count). The lowest BCUT2D eigenvalue weighted by atomic mass is 9.94. The number of benzene rings is 1. The van der Waals surface area contributed by atoms with Crippen molar-refractivity contribution in [3.05, 3.63) is 35.4 Å². The van der Waals surface area contributed by atoms with Crippen molar-refractivity contribution in [2.45, 2.75) is 38.6 Å². The van der Waals surface area contributed by atoms with E-state index in [0.29, 0.717) is 0 Å². The van der Waals surface area contributed by atoms with Gasteiger partial charge in [-0.15, -0.1) is 0 Å². The van der Waals surface area contributed by atoms with E-state index in [9.17, 15) is 0 Å². The van der Waals surface area contributed by atoms with Crippen LogP contribution in [-0.4, -0.2) is 31.1 Å². The Morgan fingerprint density at radius 3 is 2.95 bits per heavy atom. The van der Waals surface area contributed by atoms with Gasteiger partial charge < -0.3 is 5.32 Å². The zero-order valence-electron chi connectivity index (χ0n) is 11.9. The van der Waals surface area contributed by atoms with E-state index in [2.05, 4.69) is 34.5 Å². The van der Waals surface area contributed by atoms with Gasteiger partial charge in [-0.2, -0.15) is 0 Å². The molecule has 1 unspecified atom stereocenters. The average molecular weight is 258 g/mol. The Balaban J connectivity index is 1.42. The van der Waals surface area contributed by atoms with Crippen molar-refractivity contribution < 1.29 is 0 Å². The third-order valence-electron chi connectivity index (χ3n) is 4.70. The number of piperidine rings is 1. The van der Waals surface area contributed by atoms with Gasteiger partial charge in [-0.25, -0.2) is 0 Å². The van der Waals surface area contributed by atoms with Crippen molar-refractivity contribution in [1.82, 2.24) is 10.2 Å². The number of nitrogens with zero attached hydrogens (tertiary/aromatic N) is 1. The largest absolute Gasteiger partial charge is 0.316 e. The summed E-state index contributed by atoms with van der Waals surface area (Å²) in [4.78, 5) is 2.64. The van der Waals surface area contributed by atoms with E-state index >= 15 is 0 Å². The van der Waals surface area contributed by atoms with Crippen molar-refractivity contribution in [3.63, 3.8) is 0 Å². The average Bonchev–Trinajstić information content (AvgIpc) is 2.48. The van der Waals surface area contributed by atoms with Gasteiger partial charge in [0.05, 0.1) is 0 Å². The number of rotatable bonds is 4. The molecule has 0 saturated carbocycles. The summed E-state index contributed by atoms with van der Waals surface area (Å²) in [5.74, 6) is 0.936. The predicted octanol–water partition coefficient (Wildman–Crippen LogP) is 2.82. The molecule has 0 aromatic heterocycles. The molecule has 0 radical (unpaired) electrons. The van der Waals surface area contributed by atoms with Crippen LogP contribution in [-0.2, 0) is 13.0 Å². The van der Waals surface area contributed by atoms with Gasteiger partial charge in [-0.05, 0) is 68.8 Å². The highest BCUT2D eigenvalue weighted by Gasteiger charge is 2.16. The first kappa shape index (κ1) is 13.1. The lowest BCUT2D eigenvalue weighted by Crippen LogP contribution is -2.33. The molecule has 1 aromatic rings. The Kier molecular flexibility index (Phi) is 4.52. The standard InChI is InChI=1S/C17H26N2/c1-2-8-17-14-19(12-9-16(17)7-1)11-4-6-15-5-3-10-18-13-15/h1-2,7-8,15,18H,3-6,9-14H2. The smallest absolute Gasteiger partial charge is 0.0236 e. The lowest BCUT2D eigenvalue weighted by molar-refractivity contribution is 0.236. The maximum atomic E-state index is 3.52. The van der Waals surface area contributed by atoms with Crippen LogP contribution in [0.3, 0.4) is 0 Å². The van der Waals surface area contributed by atoms with E-state index < -0.39 is 0 Å². The number of nitrogens with one attached hydrogen (secondary N) is 1. The third-order valence-corrected chi connectivity index (χ3v) is 4.70. The summed E-state index contributed by atoms with van der Waals surface area (Å²) in [6.07, 6.45) is 6.83. The highest BCUT2D eigenvalue weighted by Crippen LogP contribution is 2.20. The predicted molar refractivity (Wildman–Crippen MR) is 80.3 cm³/mol. The van der Waals surface area contributed by atoms with Gasteiger partial charge in [0.25, 0.3) is 0 Å². The molecule has 0 spiro atoms. The normalized spacial score (nSPS) is 24.1. The van der Waals surface area contributed by atoms with Gasteiger partial charge in [0.15, 0.2) is 0 Å². The van der Waals surface area contributed by atoms with Crippen LogP contribution >= 0.6 is 0 Å². The van der Waals surface area contributed by atoms with Gasteiger partial charge in [0.2, 0.25) is 0 Å². The topological polar surface area (TPSA) is 15.3 Å². The second kappa shape index (κ2) is 6.53. The summed E-state index contributed by atoms with van der Waals surface area (Å²) in [5.41, 5.74) is 3.11. The Labute approximate surface area is 117 Å². The van der Waals surface area contributed by atoms with E-state index in [-0.39, 0.29) is 0 Å². The second-order valence-corrected chi connectivity index (χ2v) is 6.15. The molecule has 2 nitrogen and oxygen atoms in total. The summed E-state index contributed by atoms with van der Waals surface area (Å²) in [5, 5.41) is 3.52. The van der Waals surface area contributed by atoms with Crippen LogP contribution in [0.1, 0.15) is 36.8 Å². The molecule has 0 aliphatic carbocycles. The molecule has 1 atom stereocenters. The van der Waals surface area contributed by atoms with Crippen LogP contribution in [0.4, 0.5) is 0 Å². The van der Waals surface area contributed by atoms with Crippen LogP contribution in [0.2, 0.25) is 0 Å². The molecule has 1 aromatic carbocycles. The monoisotopic (exact) mass is 258 g/mol. The molecule has 0 bridgehead atoms. The van der Waals surface area contributed by atoms with Crippen molar-refractivity contribution in [2.75, 3.05) is 26.2 Å². The molecule has 104 valence electrons. The molecular formula is C17H26N2. The minimum Gasteiger partial charge on any atom is -0.316 e. The molecule has 2 heterocycles. The SMILES string of the molecule is c1ccc2c(c1)CCN(CCCC1CCCNC1)C2. The molecule has 2 aliphatic rings. The van der Waals surface area contributed by atoms with E-state index in [1.807, 2.05) is 0 Å². The van der Waals surface area contributed by atoms with E-state index in [1.165, 1.54) is 64.8 Å². The van der Waals surface area contributed by atoms with Crippen LogP contribution in [0, 0.1) is 5.92 Å². The van der Waals surface area contributed by atoms with Crippen molar-refractivity contribution in [2.24, 2.45) is 5.92 Å². The summed E-state index contributed by atoms with van der Waals surface area (Å²) in [6, 6.07) is 8.94. The molecule has 19 heavy (non-hydrogen) atoms. The number of hydrogen-bond donors (Lipinski definition) is 1. The van der Waals surface area contributed by atoms with Crippen molar-refractivity contribution in [1.29, 1.82) is 0 Å². The second-order valence-electron chi connectivity index (χ2n) is 6.15. The van der Waals surface area contributed by atoms with Crippen LogP contribution in [0.5, 0.6) is 0 Å². The highest BCUT2D eigenvalue weighted by atomic mass is 15.1. The van der Waals surface area contributed by atoms with Gasteiger partial charge >= 0.3 is 0 Å². The zero-order chi connectivity index (χ0) is 12.9. The molecule has 0 amide bonds. The van der Waals surface area contributed by atoms with Crippen LogP contribution in [0.25, 0.3) is 0 Å². The van der Waals surface area contributed by atoms with Gasteiger partial charge in [0, 0.05) is 13.1 Å². The van der Waals surface area contributed by atoms with Crippen LogP contribution in [0.15, 0.2) is 24.3 Å². The fourth-order valence-corrected chi connectivity index (χ4v) is 3.52. The van der Waals surface area contributed by atoms with Crippen molar-refractivity contribution in [3.8, 4) is 0 Å². The summed E-state index contributed by atoms with van der Waals surface area (Å²) in [7, 11) is 0. The van der Waals surface area contributed by atoms with E-state index in [0.717, 1.165) is 5.92 Å². The minimum absolute atomic E-state index is 0.936. The minimum atomic E-state index is 0.936. The fourth-order valence-electron chi connectivity index (χ4n) is 3.52. The lowest BCUT2D eigenvalue weighted by Gasteiger charge is -2.29. The van der Waals surface area contributed by atoms with Crippen LogP contribution < -0.4 is 5.32 Å². The first-order valence-corrected chi connectivity index (χ1v) is 7.91. The molecular weight excluding hydrogens is 232 g/mol. The molecule has 2 heteroatoms. The first-order chi connectivity index (χ1) is 9.42. The number of fused-ring (bicyclic) bond motifs is 1. The van der Waals surface area contributed by atoms with Gasteiger partial charge in [0.1, 0.15) is 0 Å². The number of hydrogen-bond acceptors (Lipinski definition) is 2. The van der Waals surface area contributed by atoms with Gasteiger partial charge in [-0.3, -0.25) is 4.90 Å². The fraction of sp³-hybridized carbons (Fsp3) is 0.647. The zero-order valence-corrected chi connectivity index (χ0v) is 11.9. The Bertz CT molecular complexity index is 396. The third kappa shape index (κ3) is 3.58. The summed E-state index contributed by atoms with van der Waals surface area (Å²) < 4.78 is 0. The maximum absolute atomic E-state index is 3.52. The quantitative estimate of drug-likeness (QED) is 0.893. The van der Waals surface area contributed by atoms with Gasteiger partial charge in [-0.1, -0.05) is 24.3 Å². The molecule has 1 fully saturated rings. The Hall–Kier alpha value is -0.860.